The third-order valence-corrected chi connectivity index (χ3v) is 8.04. The molecule has 1 N–H and O–H groups in total. The van der Waals surface area contributed by atoms with E-state index in [1.54, 1.807) is 0 Å². The lowest BCUT2D eigenvalue weighted by Gasteiger charge is -2.15. The molecule has 5 aromatic rings. The Hall–Kier alpha value is -3.24. The molecule has 2 aromatic heterocycles. The first-order valence-corrected chi connectivity index (χ1v) is 13.9. The van der Waals surface area contributed by atoms with Crippen LogP contribution < -0.4 is 0 Å². The fourth-order valence-corrected chi connectivity index (χ4v) is 5.65. The van der Waals surface area contributed by atoms with E-state index in [2.05, 4.69) is 105 Å². The van der Waals surface area contributed by atoms with Crippen molar-refractivity contribution in [3.8, 4) is 22.4 Å². The van der Waals surface area contributed by atoms with Crippen molar-refractivity contribution in [2.24, 2.45) is 10.9 Å². The summed E-state index contributed by atoms with van der Waals surface area (Å²) in [7, 11) is 0. The SMILES string of the molecule is CCCc1c(/N=C(\C)C(C)C)c2ccsc2c2cc(-c3ccc(-c4cnc(C(C)C)[nH]4)cc3)ccc12. The van der Waals surface area contributed by atoms with E-state index in [9.17, 15) is 0 Å². The average Bonchev–Trinajstić information content (AvgIpc) is 3.56. The number of aliphatic imine (C=N–C) groups is 1. The summed E-state index contributed by atoms with van der Waals surface area (Å²) in [6, 6.07) is 18.0. The van der Waals surface area contributed by atoms with Crippen LogP contribution in [0.15, 0.2) is 65.1 Å². The van der Waals surface area contributed by atoms with Crippen molar-refractivity contribution in [2.45, 2.75) is 60.3 Å². The predicted molar refractivity (Wildman–Crippen MR) is 158 cm³/mol. The highest BCUT2D eigenvalue weighted by molar-refractivity contribution is 7.18. The minimum Gasteiger partial charge on any atom is -0.342 e. The number of nitrogens with zero attached hydrogens (tertiary/aromatic N) is 2. The normalized spacial score (nSPS) is 12.5. The van der Waals surface area contributed by atoms with Gasteiger partial charge in [-0.15, -0.1) is 11.3 Å². The van der Waals surface area contributed by atoms with E-state index in [1.807, 2.05) is 17.5 Å². The van der Waals surface area contributed by atoms with Crippen LogP contribution in [0, 0.1) is 5.92 Å². The maximum absolute atomic E-state index is 5.17. The summed E-state index contributed by atoms with van der Waals surface area (Å²) in [6.45, 7) is 13.2. The minimum atomic E-state index is 0.391. The molecule has 184 valence electrons. The lowest BCUT2D eigenvalue weighted by molar-refractivity contribution is 0.795. The molecule has 0 aliphatic rings. The van der Waals surface area contributed by atoms with Gasteiger partial charge in [-0.25, -0.2) is 4.98 Å². The summed E-state index contributed by atoms with van der Waals surface area (Å²) in [5, 5.41) is 6.16. The monoisotopic (exact) mass is 493 g/mol. The first-order chi connectivity index (χ1) is 17.4. The van der Waals surface area contributed by atoms with Crippen molar-refractivity contribution in [2.75, 3.05) is 0 Å². The molecule has 3 nitrogen and oxygen atoms in total. The lowest BCUT2D eigenvalue weighted by Crippen LogP contribution is -2.01. The molecular formula is C32H35N3S. The first kappa shape index (κ1) is 24.5. The zero-order chi connectivity index (χ0) is 25.4. The molecule has 0 fully saturated rings. The highest BCUT2D eigenvalue weighted by atomic mass is 32.1. The Bertz CT molecular complexity index is 1550. The van der Waals surface area contributed by atoms with Gasteiger partial charge in [0.2, 0.25) is 0 Å². The van der Waals surface area contributed by atoms with Gasteiger partial charge in [-0.3, -0.25) is 4.99 Å². The van der Waals surface area contributed by atoms with Gasteiger partial charge in [-0.2, -0.15) is 0 Å². The van der Waals surface area contributed by atoms with Crippen molar-refractivity contribution in [3.05, 3.63) is 71.5 Å². The van der Waals surface area contributed by atoms with Crippen molar-refractivity contribution >= 4 is 43.6 Å². The van der Waals surface area contributed by atoms with Gasteiger partial charge in [0, 0.05) is 27.1 Å². The smallest absolute Gasteiger partial charge is 0.109 e. The van der Waals surface area contributed by atoms with E-state index in [4.69, 9.17) is 4.99 Å². The van der Waals surface area contributed by atoms with E-state index in [-0.39, 0.29) is 0 Å². The van der Waals surface area contributed by atoms with Crippen LogP contribution in [0.2, 0.25) is 0 Å². The van der Waals surface area contributed by atoms with Gasteiger partial charge in [0.05, 0.1) is 17.6 Å². The number of aryl methyl sites for hydroxylation is 1. The third-order valence-electron chi connectivity index (χ3n) is 7.09. The molecule has 0 spiro atoms. The second-order valence-electron chi connectivity index (χ2n) is 10.3. The number of benzene rings is 3. The second kappa shape index (κ2) is 10.0. The number of thiophene rings is 1. The maximum Gasteiger partial charge on any atom is 0.109 e. The minimum absolute atomic E-state index is 0.391. The molecule has 0 atom stereocenters. The molecule has 0 radical (unpaired) electrons. The van der Waals surface area contributed by atoms with Gasteiger partial charge >= 0.3 is 0 Å². The van der Waals surface area contributed by atoms with Crippen molar-refractivity contribution in [1.82, 2.24) is 9.97 Å². The zero-order valence-corrected chi connectivity index (χ0v) is 23.0. The number of H-pyrrole nitrogens is 1. The summed E-state index contributed by atoms with van der Waals surface area (Å²) in [5.74, 6) is 1.86. The zero-order valence-electron chi connectivity index (χ0n) is 22.1. The lowest BCUT2D eigenvalue weighted by atomic mass is 9.93. The molecule has 2 heterocycles. The molecule has 3 aromatic carbocycles. The Morgan fingerprint density at radius 3 is 2.31 bits per heavy atom. The summed E-state index contributed by atoms with van der Waals surface area (Å²) >= 11 is 1.82. The Balaban J connectivity index is 1.61. The van der Waals surface area contributed by atoms with Crippen LogP contribution in [-0.2, 0) is 6.42 Å². The molecule has 0 amide bonds. The number of hydrogen-bond donors (Lipinski definition) is 1. The van der Waals surface area contributed by atoms with E-state index in [0.717, 1.165) is 29.9 Å². The number of nitrogens with one attached hydrogen (secondary N) is 1. The quantitative estimate of drug-likeness (QED) is 0.225. The Morgan fingerprint density at radius 1 is 0.917 bits per heavy atom. The number of aromatic nitrogens is 2. The summed E-state index contributed by atoms with van der Waals surface area (Å²) < 4.78 is 1.33. The van der Waals surface area contributed by atoms with E-state index >= 15 is 0 Å². The highest BCUT2D eigenvalue weighted by Crippen LogP contribution is 2.43. The molecule has 0 bridgehead atoms. The van der Waals surface area contributed by atoms with Crippen LogP contribution in [-0.4, -0.2) is 15.7 Å². The first-order valence-electron chi connectivity index (χ1n) is 13.0. The van der Waals surface area contributed by atoms with Crippen molar-refractivity contribution < 1.29 is 0 Å². The number of hydrogen-bond acceptors (Lipinski definition) is 3. The predicted octanol–water partition coefficient (Wildman–Crippen LogP) is 9.94. The van der Waals surface area contributed by atoms with Crippen molar-refractivity contribution in [3.63, 3.8) is 0 Å². The third kappa shape index (κ3) is 4.51. The molecule has 4 heteroatoms. The number of fused-ring (bicyclic) bond motifs is 3. The van der Waals surface area contributed by atoms with Crippen LogP contribution in [0.5, 0.6) is 0 Å². The Morgan fingerprint density at radius 2 is 1.64 bits per heavy atom. The molecule has 0 unspecified atom stereocenters. The molecule has 5 rings (SSSR count). The molecule has 0 aliphatic heterocycles. The van der Waals surface area contributed by atoms with Crippen LogP contribution in [0.4, 0.5) is 5.69 Å². The van der Waals surface area contributed by atoms with Gasteiger partial charge in [0.25, 0.3) is 0 Å². The number of rotatable bonds is 7. The fraction of sp³-hybridized carbons (Fsp3) is 0.312. The van der Waals surface area contributed by atoms with Gasteiger partial charge in [-0.1, -0.05) is 77.4 Å². The topological polar surface area (TPSA) is 41.0 Å². The Kier molecular flexibility index (Phi) is 6.81. The van der Waals surface area contributed by atoms with Crippen LogP contribution in [0.3, 0.4) is 0 Å². The van der Waals surface area contributed by atoms with Crippen LogP contribution in [0.1, 0.15) is 65.3 Å². The standard InChI is InChI=1S/C32H35N3S/c1-7-8-26-25-14-13-24(22-9-11-23(12-10-22)29-18-33-32(35-29)20(4)5)17-28(25)31-27(15-16-36-31)30(26)34-21(6)19(2)3/h9-20H,7-8H2,1-6H3,(H,33,35)/b34-21+. The van der Waals surface area contributed by atoms with E-state index in [0.29, 0.717) is 11.8 Å². The fourth-order valence-electron chi connectivity index (χ4n) is 4.72. The molecule has 0 aliphatic carbocycles. The summed E-state index contributed by atoms with van der Waals surface area (Å²) in [6.07, 6.45) is 4.07. The van der Waals surface area contributed by atoms with E-state index < -0.39 is 0 Å². The van der Waals surface area contributed by atoms with E-state index in [1.165, 1.54) is 48.9 Å². The second-order valence-corrected chi connectivity index (χ2v) is 11.2. The molecule has 0 saturated carbocycles. The largest absolute Gasteiger partial charge is 0.342 e. The van der Waals surface area contributed by atoms with Gasteiger partial charge in [0.1, 0.15) is 5.82 Å². The van der Waals surface area contributed by atoms with Crippen molar-refractivity contribution in [1.29, 1.82) is 0 Å². The number of imidazole rings is 1. The van der Waals surface area contributed by atoms with Crippen LogP contribution in [0.25, 0.3) is 43.2 Å². The van der Waals surface area contributed by atoms with Gasteiger partial charge in [0.15, 0.2) is 0 Å². The summed E-state index contributed by atoms with van der Waals surface area (Å²) in [5.41, 5.74) is 8.43. The van der Waals surface area contributed by atoms with Gasteiger partial charge in [-0.05, 0) is 64.4 Å². The average molecular weight is 494 g/mol. The van der Waals surface area contributed by atoms with Crippen LogP contribution >= 0.6 is 11.3 Å². The summed E-state index contributed by atoms with van der Waals surface area (Å²) in [4.78, 5) is 13.2. The molecule has 36 heavy (non-hydrogen) atoms. The maximum atomic E-state index is 5.17. The molecule has 0 saturated heterocycles. The Labute approximate surface area is 218 Å². The molecular weight excluding hydrogens is 458 g/mol. The number of aromatic amines is 1. The van der Waals surface area contributed by atoms with Gasteiger partial charge < -0.3 is 4.98 Å². The highest BCUT2D eigenvalue weighted by Gasteiger charge is 2.16.